The number of rotatable bonds is 0. The van der Waals surface area contributed by atoms with Crippen LogP contribution in [0.5, 0.6) is 0 Å². The summed E-state index contributed by atoms with van der Waals surface area (Å²) >= 11 is 0. The summed E-state index contributed by atoms with van der Waals surface area (Å²) in [5.74, 6) is 0. The van der Waals surface area contributed by atoms with E-state index in [2.05, 4.69) is 38.1 Å². The molecule has 0 aromatic heterocycles. The summed E-state index contributed by atoms with van der Waals surface area (Å²) in [6.45, 7) is 4.21. The Morgan fingerprint density at radius 1 is 1.00 bits per heavy atom. The summed E-state index contributed by atoms with van der Waals surface area (Å²) in [7, 11) is 0. The fourth-order valence-corrected chi connectivity index (χ4v) is 0.807. The molecule has 0 nitrogen and oxygen atoms in total. The Bertz CT molecular complexity index is 164. The Labute approximate surface area is 86.3 Å². The molecule has 1 heteroatoms. The van der Waals surface area contributed by atoms with E-state index in [1.54, 1.807) is 0 Å². The van der Waals surface area contributed by atoms with E-state index in [9.17, 15) is 0 Å². The van der Waals surface area contributed by atoms with Crippen molar-refractivity contribution in [3.05, 3.63) is 35.4 Å². The molecule has 50 valence electrons. The van der Waals surface area contributed by atoms with Crippen LogP contribution in [0.25, 0.3) is 0 Å². The molecule has 0 N–H and O–H groups in total. The van der Waals surface area contributed by atoms with Gasteiger partial charge in [-0.25, -0.2) is 0 Å². The summed E-state index contributed by atoms with van der Waals surface area (Å²) in [4.78, 5) is 0. The maximum Gasteiger partial charge on any atom is 0 e. The molecule has 0 aliphatic carbocycles. The number of hydrogen-bond acceptors (Lipinski definition) is 0. The van der Waals surface area contributed by atoms with E-state index >= 15 is 0 Å². The molecule has 0 radical (unpaired) electrons. The van der Waals surface area contributed by atoms with E-state index in [-0.39, 0.29) is 37.7 Å². The monoisotopic (exact) mass is 146 g/mol. The third-order valence-corrected chi connectivity index (χ3v) is 1.17. The molecule has 0 unspecified atom stereocenters. The molecule has 1 aromatic carbocycles. The van der Waals surface area contributed by atoms with Crippen molar-refractivity contribution in [3.8, 4) is 0 Å². The van der Waals surface area contributed by atoms with Gasteiger partial charge >= 0.3 is 0 Å². The first-order valence-corrected chi connectivity index (χ1v) is 2.82. The average molecular weight is 146 g/mol. The fraction of sp³-hybridized carbons (Fsp3) is 0.250. The minimum atomic E-state index is 0. The largest absolute Gasteiger partial charge is 0.0617 e. The van der Waals surface area contributed by atoms with Crippen molar-refractivity contribution in [3.63, 3.8) is 0 Å². The summed E-state index contributed by atoms with van der Waals surface area (Å²) < 4.78 is 0. The van der Waals surface area contributed by atoms with Crippen LogP contribution in [0.15, 0.2) is 24.3 Å². The first-order valence-electron chi connectivity index (χ1n) is 2.82. The summed E-state index contributed by atoms with van der Waals surface area (Å²) in [5.41, 5.74) is 2.68. The normalized spacial score (nSPS) is 8.22. The molecule has 0 aliphatic heterocycles. The van der Waals surface area contributed by atoms with Gasteiger partial charge in [0, 0.05) is 37.7 Å². The van der Waals surface area contributed by atoms with Gasteiger partial charge < -0.3 is 0 Å². The molecule has 0 saturated heterocycles. The van der Waals surface area contributed by atoms with Crippen LogP contribution >= 0.6 is 0 Å². The third-order valence-electron chi connectivity index (χ3n) is 1.17. The minimum Gasteiger partial charge on any atom is -0.0617 e. The van der Waals surface area contributed by atoms with Crippen LogP contribution in [0.2, 0.25) is 0 Å². The van der Waals surface area contributed by atoms with Crippen LogP contribution in [0.4, 0.5) is 0 Å². The Kier molecular flexibility index (Phi) is 4.55. The molecular weight excluding hydrogens is 136 g/mol. The Hall–Kier alpha value is 0.480. The Balaban J connectivity index is 0.000000640. The molecule has 0 heterocycles. The zero-order chi connectivity index (χ0) is 5.98. The SMILES string of the molecule is Cc1cccc(C)c1.[Ar]. The number of benzene rings is 1. The van der Waals surface area contributed by atoms with E-state index in [4.69, 9.17) is 0 Å². The van der Waals surface area contributed by atoms with E-state index in [1.807, 2.05) is 0 Å². The fourth-order valence-electron chi connectivity index (χ4n) is 0.807. The van der Waals surface area contributed by atoms with Crippen LogP contribution in [0.1, 0.15) is 11.1 Å². The van der Waals surface area contributed by atoms with Crippen LogP contribution in [-0.4, -0.2) is 0 Å². The second-order valence-electron chi connectivity index (χ2n) is 2.16. The van der Waals surface area contributed by atoms with Gasteiger partial charge in [0.2, 0.25) is 0 Å². The molecule has 1 aromatic rings. The van der Waals surface area contributed by atoms with Gasteiger partial charge in [-0.2, -0.15) is 0 Å². The quantitative estimate of drug-likeness (QED) is 0.526. The minimum absolute atomic E-state index is 0. The van der Waals surface area contributed by atoms with Crippen molar-refractivity contribution in [1.82, 2.24) is 0 Å². The standard InChI is InChI=1S/C8H10.Ar/c1-7-4-3-5-8(2)6-7;/h3-6H,1-2H3;. The molecule has 9 heavy (non-hydrogen) atoms. The zero-order valence-corrected chi connectivity index (χ0v) is 6.37. The van der Waals surface area contributed by atoms with Crippen molar-refractivity contribution in [2.24, 2.45) is 0 Å². The van der Waals surface area contributed by atoms with Gasteiger partial charge in [0.05, 0.1) is 0 Å². The Morgan fingerprint density at radius 2 is 1.44 bits per heavy atom. The average Bonchev–Trinajstić information content (AvgIpc) is 1.64. The number of hydrogen-bond donors (Lipinski definition) is 0. The van der Waals surface area contributed by atoms with Crippen molar-refractivity contribution in [1.29, 1.82) is 0 Å². The van der Waals surface area contributed by atoms with Crippen LogP contribution < -0.4 is 0 Å². The van der Waals surface area contributed by atoms with E-state index in [0.717, 1.165) is 0 Å². The molecule has 0 fully saturated rings. The molecule has 0 atom stereocenters. The Morgan fingerprint density at radius 3 is 1.67 bits per heavy atom. The molecule has 0 bridgehead atoms. The van der Waals surface area contributed by atoms with Crippen molar-refractivity contribution >= 4 is 0 Å². The van der Waals surface area contributed by atoms with Crippen LogP contribution in [0.3, 0.4) is 0 Å². The second kappa shape index (κ2) is 4.32. The van der Waals surface area contributed by atoms with Crippen molar-refractivity contribution in [2.45, 2.75) is 13.8 Å². The zero-order valence-electron chi connectivity index (χ0n) is 5.66. The second-order valence-corrected chi connectivity index (χ2v) is 2.16. The summed E-state index contributed by atoms with van der Waals surface area (Å²) in [5, 5.41) is 0. The first kappa shape index (κ1) is 9.48. The molecule has 0 saturated carbocycles. The van der Waals surface area contributed by atoms with Gasteiger partial charge in [-0.05, 0) is 13.8 Å². The third kappa shape index (κ3) is 3.24. The van der Waals surface area contributed by atoms with Gasteiger partial charge in [-0.3, -0.25) is 0 Å². The molecule has 0 spiro atoms. The predicted octanol–water partition coefficient (Wildman–Crippen LogP) is 2.30. The van der Waals surface area contributed by atoms with Gasteiger partial charge in [0.1, 0.15) is 0 Å². The van der Waals surface area contributed by atoms with Crippen molar-refractivity contribution in [2.75, 3.05) is 0 Å². The van der Waals surface area contributed by atoms with E-state index < -0.39 is 0 Å². The molecular formula is C8H10Ar. The molecule has 0 aliphatic rings. The smallest absolute Gasteiger partial charge is 0 e. The summed E-state index contributed by atoms with van der Waals surface area (Å²) in [6.07, 6.45) is 0. The maximum absolute atomic E-state index is 2.17. The predicted molar refractivity (Wildman–Crippen MR) is 35.9 cm³/mol. The van der Waals surface area contributed by atoms with E-state index in [0.29, 0.717) is 0 Å². The van der Waals surface area contributed by atoms with Crippen LogP contribution in [0, 0.1) is 51.6 Å². The maximum atomic E-state index is 2.17. The van der Waals surface area contributed by atoms with Crippen molar-refractivity contribution < 1.29 is 37.7 Å². The summed E-state index contributed by atoms with van der Waals surface area (Å²) in [6, 6.07) is 8.45. The molecule has 0 amide bonds. The first-order chi connectivity index (χ1) is 3.79. The van der Waals surface area contributed by atoms with Gasteiger partial charge in [0.15, 0.2) is 0 Å². The van der Waals surface area contributed by atoms with Crippen LogP contribution in [-0.2, 0) is 0 Å². The van der Waals surface area contributed by atoms with E-state index in [1.165, 1.54) is 11.1 Å². The molecule has 1 rings (SSSR count). The van der Waals surface area contributed by atoms with Gasteiger partial charge in [-0.1, -0.05) is 35.4 Å². The number of aryl methyl sites for hydroxylation is 2. The topological polar surface area (TPSA) is 0 Å². The van der Waals surface area contributed by atoms with Gasteiger partial charge in [-0.15, -0.1) is 0 Å². The van der Waals surface area contributed by atoms with Gasteiger partial charge in [0.25, 0.3) is 0 Å².